The lowest BCUT2D eigenvalue weighted by atomic mass is 9.98. The van der Waals surface area contributed by atoms with Crippen LogP contribution in [0.15, 0.2) is 89.9 Å². The maximum absolute atomic E-state index is 13.4. The van der Waals surface area contributed by atoms with Gasteiger partial charge in [-0.1, -0.05) is 66.7 Å². The quantitative estimate of drug-likeness (QED) is 0.476. The summed E-state index contributed by atoms with van der Waals surface area (Å²) in [5, 5.41) is 3.56. The molecule has 0 aliphatic heterocycles. The second-order valence-corrected chi connectivity index (χ2v) is 7.86. The molecule has 0 saturated heterocycles. The van der Waals surface area contributed by atoms with Crippen molar-refractivity contribution in [2.24, 2.45) is 7.05 Å². The van der Waals surface area contributed by atoms with Crippen molar-refractivity contribution in [2.75, 3.05) is 0 Å². The number of aryl methyl sites for hydroxylation is 2. The first-order chi connectivity index (χ1) is 15.5. The molecule has 158 valence electrons. The highest BCUT2D eigenvalue weighted by Gasteiger charge is 2.22. The maximum atomic E-state index is 13.4. The van der Waals surface area contributed by atoms with Crippen molar-refractivity contribution in [3.8, 4) is 0 Å². The molecule has 6 heteroatoms. The second kappa shape index (κ2) is 7.81. The van der Waals surface area contributed by atoms with Gasteiger partial charge in [-0.3, -0.25) is 14.0 Å². The number of rotatable bonds is 4. The van der Waals surface area contributed by atoms with Crippen LogP contribution >= 0.6 is 0 Å². The predicted octanol–water partition coefficient (Wildman–Crippen LogP) is 4.01. The lowest BCUT2D eigenvalue weighted by Gasteiger charge is -2.20. The van der Waals surface area contributed by atoms with Crippen LogP contribution in [0.4, 0.5) is 0 Å². The van der Waals surface area contributed by atoms with Gasteiger partial charge in [0.2, 0.25) is 0 Å². The summed E-state index contributed by atoms with van der Waals surface area (Å²) >= 11 is 0. The zero-order chi connectivity index (χ0) is 22.2. The number of amides is 1. The van der Waals surface area contributed by atoms with E-state index in [0.717, 1.165) is 16.7 Å². The molecule has 2 aromatic carbocycles. The van der Waals surface area contributed by atoms with Gasteiger partial charge in [-0.15, -0.1) is 0 Å². The molecule has 0 spiro atoms. The number of carbonyl (C=O) groups excluding carboxylic acids is 1. The SMILES string of the molecule is Cc1cccn2c(=O)c3cc(C(=O)NC(c4ccccc4)c4ccccc4)n(C)c3nc12. The van der Waals surface area contributed by atoms with E-state index in [2.05, 4.69) is 10.3 Å². The first-order valence-corrected chi connectivity index (χ1v) is 10.4. The standard InChI is InChI=1S/C26H22N4O2/c1-17-10-9-15-30-23(17)28-24-20(26(30)32)16-21(29(24)2)25(31)27-22(18-11-5-3-6-12-18)19-13-7-4-8-14-19/h3-16,22H,1-2H3,(H,27,31). The van der Waals surface area contributed by atoms with Crippen LogP contribution in [0.1, 0.15) is 33.2 Å². The molecule has 5 rings (SSSR count). The number of benzene rings is 2. The molecule has 0 saturated carbocycles. The molecule has 5 aromatic rings. The Labute approximate surface area is 184 Å². The molecule has 0 aliphatic carbocycles. The van der Waals surface area contributed by atoms with Crippen LogP contribution in [-0.4, -0.2) is 19.9 Å². The highest BCUT2D eigenvalue weighted by Crippen LogP contribution is 2.23. The van der Waals surface area contributed by atoms with Crippen molar-refractivity contribution in [1.82, 2.24) is 19.3 Å². The molecule has 0 radical (unpaired) electrons. The molecule has 0 aliphatic rings. The Hall–Kier alpha value is -4.19. The van der Waals surface area contributed by atoms with Gasteiger partial charge in [0.05, 0.1) is 11.4 Å². The number of aromatic nitrogens is 3. The molecule has 32 heavy (non-hydrogen) atoms. The summed E-state index contributed by atoms with van der Waals surface area (Å²) in [5.74, 6) is -0.270. The van der Waals surface area contributed by atoms with Crippen molar-refractivity contribution < 1.29 is 4.79 Å². The van der Waals surface area contributed by atoms with E-state index in [9.17, 15) is 9.59 Å². The Kier molecular flexibility index (Phi) is 4.82. The molecule has 0 bridgehead atoms. The molecule has 0 unspecified atom stereocenters. The smallest absolute Gasteiger partial charge is 0.268 e. The van der Waals surface area contributed by atoms with E-state index >= 15 is 0 Å². The normalized spacial score (nSPS) is 11.3. The van der Waals surface area contributed by atoms with Gasteiger partial charge in [0.1, 0.15) is 17.0 Å². The summed E-state index contributed by atoms with van der Waals surface area (Å²) in [6.45, 7) is 1.91. The molecule has 1 amide bonds. The number of carbonyl (C=O) groups is 1. The summed E-state index contributed by atoms with van der Waals surface area (Å²) in [6, 6.07) is 24.7. The minimum absolute atomic E-state index is 0.189. The second-order valence-electron chi connectivity index (χ2n) is 7.86. The Bertz CT molecular complexity index is 1460. The van der Waals surface area contributed by atoms with Gasteiger partial charge < -0.3 is 9.88 Å². The van der Waals surface area contributed by atoms with Crippen molar-refractivity contribution in [1.29, 1.82) is 0 Å². The van der Waals surface area contributed by atoms with Crippen molar-refractivity contribution >= 4 is 22.6 Å². The first-order valence-electron chi connectivity index (χ1n) is 10.4. The van der Waals surface area contributed by atoms with Crippen LogP contribution in [0.2, 0.25) is 0 Å². The molecule has 1 N–H and O–H groups in total. The number of nitrogens with one attached hydrogen (secondary N) is 1. The molecule has 3 aromatic heterocycles. The zero-order valence-electron chi connectivity index (χ0n) is 17.8. The highest BCUT2D eigenvalue weighted by atomic mass is 16.2. The summed E-state index contributed by atoms with van der Waals surface area (Å²) < 4.78 is 3.21. The van der Waals surface area contributed by atoms with Crippen LogP contribution in [0.25, 0.3) is 16.7 Å². The molecule has 6 nitrogen and oxygen atoms in total. The minimum atomic E-state index is -0.321. The summed E-state index contributed by atoms with van der Waals surface area (Å²) in [4.78, 5) is 31.1. The monoisotopic (exact) mass is 422 g/mol. The number of fused-ring (bicyclic) bond motifs is 2. The highest BCUT2D eigenvalue weighted by molar-refractivity contribution is 5.98. The van der Waals surface area contributed by atoms with Crippen LogP contribution in [0.3, 0.4) is 0 Å². The van der Waals surface area contributed by atoms with Crippen LogP contribution < -0.4 is 10.9 Å². The fraction of sp³-hybridized carbons (Fsp3) is 0.115. The third-order valence-electron chi connectivity index (χ3n) is 5.80. The predicted molar refractivity (Wildman–Crippen MR) is 125 cm³/mol. The van der Waals surface area contributed by atoms with Crippen molar-refractivity contribution in [2.45, 2.75) is 13.0 Å². The summed E-state index contributed by atoms with van der Waals surface area (Å²) in [5.41, 5.74) is 4.12. The van der Waals surface area contributed by atoms with Gasteiger partial charge in [-0.25, -0.2) is 4.98 Å². The topological polar surface area (TPSA) is 68.4 Å². The first kappa shape index (κ1) is 19.8. The van der Waals surface area contributed by atoms with E-state index in [1.807, 2.05) is 79.7 Å². The molecular formula is C26H22N4O2. The molecule has 0 fully saturated rings. The summed E-state index contributed by atoms with van der Waals surface area (Å²) in [7, 11) is 1.76. The van der Waals surface area contributed by atoms with Gasteiger partial charge in [-0.05, 0) is 35.7 Å². The average molecular weight is 422 g/mol. The van der Waals surface area contributed by atoms with Crippen LogP contribution in [0.5, 0.6) is 0 Å². The van der Waals surface area contributed by atoms with Crippen LogP contribution in [-0.2, 0) is 7.05 Å². The van der Waals surface area contributed by atoms with Gasteiger partial charge in [0.15, 0.2) is 0 Å². The fourth-order valence-electron chi connectivity index (χ4n) is 4.10. The van der Waals surface area contributed by atoms with E-state index in [1.54, 1.807) is 23.9 Å². The van der Waals surface area contributed by atoms with E-state index in [4.69, 9.17) is 0 Å². The largest absolute Gasteiger partial charge is 0.340 e. The fourth-order valence-corrected chi connectivity index (χ4v) is 4.10. The molecule has 3 heterocycles. The Morgan fingerprint density at radius 2 is 1.53 bits per heavy atom. The Morgan fingerprint density at radius 1 is 0.906 bits per heavy atom. The van der Waals surface area contributed by atoms with E-state index in [0.29, 0.717) is 22.4 Å². The number of nitrogens with zero attached hydrogens (tertiary/aromatic N) is 3. The van der Waals surface area contributed by atoms with Crippen LogP contribution in [0, 0.1) is 6.92 Å². The van der Waals surface area contributed by atoms with Gasteiger partial charge >= 0.3 is 0 Å². The third-order valence-corrected chi connectivity index (χ3v) is 5.80. The van der Waals surface area contributed by atoms with Gasteiger partial charge in [0, 0.05) is 13.2 Å². The van der Waals surface area contributed by atoms with Crippen molar-refractivity contribution in [3.05, 3.63) is 118 Å². The number of hydrogen-bond acceptors (Lipinski definition) is 3. The number of pyridine rings is 1. The zero-order valence-corrected chi connectivity index (χ0v) is 17.8. The Morgan fingerprint density at radius 3 is 2.16 bits per heavy atom. The van der Waals surface area contributed by atoms with Gasteiger partial charge in [-0.2, -0.15) is 0 Å². The lowest BCUT2D eigenvalue weighted by Crippen LogP contribution is -2.30. The lowest BCUT2D eigenvalue weighted by molar-refractivity contribution is 0.0935. The molecular weight excluding hydrogens is 400 g/mol. The minimum Gasteiger partial charge on any atom is -0.340 e. The maximum Gasteiger partial charge on any atom is 0.268 e. The Balaban J connectivity index is 1.60. The van der Waals surface area contributed by atoms with Gasteiger partial charge in [0.25, 0.3) is 11.5 Å². The van der Waals surface area contributed by atoms with Crippen molar-refractivity contribution in [3.63, 3.8) is 0 Å². The average Bonchev–Trinajstić information content (AvgIpc) is 3.16. The van der Waals surface area contributed by atoms with E-state index in [1.165, 1.54) is 4.40 Å². The molecule has 0 atom stereocenters. The number of hydrogen-bond donors (Lipinski definition) is 1. The third kappa shape index (κ3) is 3.26. The summed E-state index contributed by atoms with van der Waals surface area (Å²) in [6.07, 6.45) is 1.70. The van der Waals surface area contributed by atoms with E-state index < -0.39 is 0 Å². The van der Waals surface area contributed by atoms with E-state index in [-0.39, 0.29) is 17.5 Å².